The molecule has 116 valence electrons. The summed E-state index contributed by atoms with van der Waals surface area (Å²) in [6.45, 7) is 2.80. The normalized spacial score (nSPS) is 16.2. The monoisotopic (exact) mass is 292 g/mol. The Bertz CT molecular complexity index is 512. The van der Waals surface area contributed by atoms with Gasteiger partial charge in [-0.3, -0.25) is 4.79 Å². The highest BCUT2D eigenvalue weighted by Gasteiger charge is 2.26. The van der Waals surface area contributed by atoms with Crippen LogP contribution in [0.1, 0.15) is 24.5 Å². The summed E-state index contributed by atoms with van der Waals surface area (Å²) < 4.78 is 10.7. The Kier molecular flexibility index (Phi) is 5.07. The van der Waals surface area contributed by atoms with Crippen LogP contribution in [0.25, 0.3) is 0 Å². The van der Waals surface area contributed by atoms with Crippen LogP contribution in [-0.4, -0.2) is 44.8 Å². The van der Waals surface area contributed by atoms with E-state index in [2.05, 4.69) is 12.2 Å². The van der Waals surface area contributed by atoms with E-state index in [0.717, 1.165) is 36.3 Å². The number of fused-ring (bicyclic) bond motifs is 1. The van der Waals surface area contributed by atoms with Crippen molar-refractivity contribution >= 4 is 5.91 Å². The first-order chi connectivity index (χ1) is 10.1. The smallest absolute Gasteiger partial charge is 0.228 e. The molecule has 0 fully saturated rings. The van der Waals surface area contributed by atoms with Crippen LogP contribution in [0, 0.1) is 0 Å². The van der Waals surface area contributed by atoms with E-state index in [9.17, 15) is 4.79 Å². The molecule has 1 heterocycles. The Morgan fingerprint density at radius 1 is 1.24 bits per heavy atom. The maximum atomic E-state index is 12.5. The maximum absolute atomic E-state index is 12.5. The first-order valence-electron chi connectivity index (χ1n) is 7.35. The van der Waals surface area contributed by atoms with Crippen LogP contribution in [-0.2, 0) is 17.6 Å². The maximum Gasteiger partial charge on any atom is 0.228 e. The molecule has 5 heteroatoms. The first kappa shape index (κ1) is 15.6. The van der Waals surface area contributed by atoms with Crippen LogP contribution in [0.3, 0.4) is 0 Å². The van der Waals surface area contributed by atoms with E-state index in [1.165, 1.54) is 0 Å². The molecule has 0 aliphatic carbocycles. The third-order valence-electron chi connectivity index (χ3n) is 4.09. The van der Waals surface area contributed by atoms with Crippen LogP contribution in [0.2, 0.25) is 0 Å². The van der Waals surface area contributed by atoms with Crippen LogP contribution >= 0.6 is 0 Å². The number of benzene rings is 1. The van der Waals surface area contributed by atoms with E-state index in [0.29, 0.717) is 12.2 Å². The number of ether oxygens (including phenoxy) is 2. The van der Waals surface area contributed by atoms with Crippen molar-refractivity contribution in [1.82, 2.24) is 10.2 Å². The number of methoxy groups -OCH3 is 2. The third-order valence-corrected chi connectivity index (χ3v) is 4.09. The van der Waals surface area contributed by atoms with E-state index < -0.39 is 0 Å². The van der Waals surface area contributed by atoms with Gasteiger partial charge < -0.3 is 19.7 Å². The summed E-state index contributed by atoms with van der Waals surface area (Å²) in [7, 11) is 5.14. The van der Waals surface area contributed by atoms with Gasteiger partial charge in [0.2, 0.25) is 5.91 Å². The Labute approximate surface area is 126 Å². The van der Waals surface area contributed by atoms with Gasteiger partial charge in [-0.15, -0.1) is 0 Å². The van der Waals surface area contributed by atoms with Crippen molar-refractivity contribution in [3.05, 3.63) is 23.3 Å². The highest BCUT2D eigenvalue weighted by Crippen LogP contribution is 2.32. The summed E-state index contributed by atoms with van der Waals surface area (Å²) >= 11 is 0. The van der Waals surface area contributed by atoms with Crippen LogP contribution in [0.5, 0.6) is 11.5 Å². The van der Waals surface area contributed by atoms with Crippen molar-refractivity contribution in [1.29, 1.82) is 0 Å². The fraction of sp³-hybridized carbons (Fsp3) is 0.562. The van der Waals surface area contributed by atoms with Gasteiger partial charge in [-0.1, -0.05) is 6.92 Å². The second-order valence-corrected chi connectivity index (χ2v) is 5.20. The highest BCUT2D eigenvalue weighted by atomic mass is 16.5. The van der Waals surface area contributed by atoms with Gasteiger partial charge in [0.05, 0.1) is 26.8 Å². The lowest BCUT2D eigenvalue weighted by molar-refractivity contribution is -0.133. The van der Waals surface area contributed by atoms with Gasteiger partial charge in [-0.25, -0.2) is 0 Å². The van der Waals surface area contributed by atoms with Crippen molar-refractivity contribution in [2.24, 2.45) is 0 Å². The molecule has 2 rings (SSSR count). The van der Waals surface area contributed by atoms with Gasteiger partial charge in [0, 0.05) is 6.54 Å². The number of nitrogens with one attached hydrogen (secondary N) is 1. The van der Waals surface area contributed by atoms with Gasteiger partial charge in [0.15, 0.2) is 11.5 Å². The zero-order valence-corrected chi connectivity index (χ0v) is 13.2. The minimum atomic E-state index is 0.0932. The van der Waals surface area contributed by atoms with Gasteiger partial charge in [0.1, 0.15) is 0 Å². The van der Waals surface area contributed by atoms with Gasteiger partial charge in [0.25, 0.3) is 0 Å². The molecule has 1 unspecified atom stereocenters. The standard InChI is InChI=1S/C16H24N2O3/c1-5-15(17-2)18-7-6-11-8-13(20-3)14(21-4)9-12(11)10-16(18)19/h8-9,15,17H,5-7,10H2,1-4H3. The molecular formula is C16H24N2O3. The van der Waals surface area contributed by atoms with Crippen LogP contribution in [0.4, 0.5) is 0 Å². The Balaban J connectivity index is 2.31. The van der Waals surface area contributed by atoms with Crippen molar-refractivity contribution in [2.45, 2.75) is 32.4 Å². The molecule has 0 spiro atoms. The fourth-order valence-electron chi connectivity index (χ4n) is 2.90. The lowest BCUT2D eigenvalue weighted by Gasteiger charge is -2.29. The molecule has 1 N–H and O–H groups in total. The highest BCUT2D eigenvalue weighted by molar-refractivity contribution is 5.80. The van der Waals surface area contributed by atoms with Crippen molar-refractivity contribution in [3.63, 3.8) is 0 Å². The zero-order chi connectivity index (χ0) is 15.4. The third kappa shape index (κ3) is 3.13. The molecule has 5 nitrogen and oxygen atoms in total. The second-order valence-electron chi connectivity index (χ2n) is 5.20. The largest absolute Gasteiger partial charge is 0.493 e. The van der Waals surface area contributed by atoms with Crippen molar-refractivity contribution in [2.75, 3.05) is 27.8 Å². The van der Waals surface area contributed by atoms with E-state index in [4.69, 9.17) is 9.47 Å². The number of carbonyl (C=O) groups excluding carboxylic acids is 1. The van der Waals surface area contributed by atoms with Gasteiger partial charge in [-0.05, 0) is 43.1 Å². The SMILES string of the molecule is CCC(NC)N1CCc2cc(OC)c(OC)cc2CC1=O. The average Bonchev–Trinajstić information content (AvgIpc) is 2.66. The molecule has 1 atom stereocenters. The van der Waals surface area contributed by atoms with Crippen LogP contribution in [0.15, 0.2) is 12.1 Å². The van der Waals surface area contributed by atoms with E-state index >= 15 is 0 Å². The summed E-state index contributed by atoms with van der Waals surface area (Å²) in [6, 6.07) is 3.92. The summed E-state index contributed by atoms with van der Waals surface area (Å²) in [5.74, 6) is 1.55. The lowest BCUT2D eigenvalue weighted by atomic mass is 10.0. The Morgan fingerprint density at radius 2 is 1.86 bits per heavy atom. The summed E-state index contributed by atoms with van der Waals surface area (Å²) in [4.78, 5) is 14.4. The van der Waals surface area contributed by atoms with Gasteiger partial charge in [-0.2, -0.15) is 0 Å². The van der Waals surface area contributed by atoms with Crippen molar-refractivity contribution < 1.29 is 14.3 Å². The summed E-state index contributed by atoms with van der Waals surface area (Å²) in [5.41, 5.74) is 2.19. The molecule has 0 aromatic heterocycles. The Morgan fingerprint density at radius 3 is 2.38 bits per heavy atom. The molecule has 1 amide bonds. The number of hydrogen-bond donors (Lipinski definition) is 1. The molecule has 0 saturated carbocycles. The first-order valence-corrected chi connectivity index (χ1v) is 7.35. The summed E-state index contributed by atoms with van der Waals surface area (Å²) in [6.07, 6.45) is 2.23. The molecule has 1 aliphatic heterocycles. The van der Waals surface area contributed by atoms with Crippen LogP contribution < -0.4 is 14.8 Å². The minimum Gasteiger partial charge on any atom is -0.493 e. The fourth-order valence-corrected chi connectivity index (χ4v) is 2.90. The predicted octanol–water partition coefficient (Wildman–Crippen LogP) is 1.59. The molecule has 21 heavy (non-hydrogen) atoms. The quantitative estimate of drug-likeness (QED) is 0.895. The predicted molar refractivity (Wildman–Crippen MR) is 81.8 cm³/mol. The number of carbonyl (C=O) groups is 1. The summed E-state index contributed by atoms with van der Waals surface area (Å²) in [5, 5.41) is 3.21. The number of rotatable bonds is 5. The molecule has 1 aromatic carbocycles. The van der Waals surface area contributed by atoms with E-state index in [1.807, 2.05) is 24.1 Å². The zero-order valence-electron chi connectivity index (χ0n) is 13.2. The number of amides is 1. The molecule has 0 saturated heterocycles. The van der Waals surface area contributed by atoms with E-state index in [1.54, 1.807) is 14.2 Å². The molecule has 1 aromatic rings. The molecular weight excluding hydrogens is 268 g/mol. The van der Waals surface area contributed by atoms with Crippen molar-refractivity contribution in [3.8, 4) is 11.5 Å². The Hall–Kier alpha value is -1.75. The number of hydrogen-bond acceptors (Lipinski definition) is 4. The lowest BCUT2D eigenvalue weighted by Crippen LogP contribution is -2.47. The molecule has 1 aliphatic rings. The number of nitrogens with zero attached hydrogens (tertiary/aromatic N) is 1. The van der Waals surface area contributed by atoms with E-state index in [-0.39, 0.29) is 12.1 Å². The minimum absolute atomic E-state index is 0.0932. The second kappa shape index (κ2) is 6.80. The average molecular weight is 292 g/mol. The molecule has 0 bridgehead atoms. The topological polar surface area (TPSA) is 50.8 Å². The molecule has 0 radical (unpaired) electrons. The van der Waals surface area contributed by atoms with Gasteiger partial charge >= 0.3 is 0 Å².